The summed E-state index contributed by atoms with van der Waals surface area (Å²) in [5.74, 6) is -0.169. The first-order valence-electron chi connectivity index (χ1n) is 4.25. The number of fused-ring (bicyclic) bond motifs is 1. The number of carbonyl (C=O) groups is 1. The van der Waals surface area contributed by atoms with Gasteiger partial charge in [0.05, 0.1) is 0 Å². The van der Waals surface area contributed by atoms with Crippen LogP contribution in [0.2, 0.25) is 0 Å². The molecule has 0 radical (unpaired) electrons. The number of nitrogens with one attached hydrogen (secondary N) is 1. The summed E-state index contributed by atoms with van der Waals surface area (Å²) < 4.78 is 13.1. The Balaban J connectivity index is 2.58. The van der Waals surface area contributed by atoms with Crippen molar-refractivity contribution in [1.82, 2.24) is 0 Å². The molecule has 0 unspecified atom stereocenters. The van der Waals surface area contributed by atoms with Crippen molar-refractivity contribution in [2.45, 2.75) is 13.3 Å². The number of aryl methyl sites for hydroxylation is 1. The van der Waals surface area contributed by atoms with Crippen molar-refractivity contribution in [3.63, 3.8) is 0 Å². The minimum atomic E-state index is -0.263. The number of ketones is 1. The fourth-order valence-corrected chi connectivity index (χ4v) is 1.50. The van der Waals surface area contributed by atoms with Crippen LogP contribution in [0.1, 0.15) is 22.3 Å². The minimum absolute atomic E-state index is 0.0943. The molecule has 1 aromatic carbocycles. The van der Waals surface area contributed by atoms with Crippen LogP contribution in [0, 0.1) is 12.7 Å². The molecule has 3 heteroatoms. The van der Waals surface area contributed by atoms with Gasteiger partial charge in [0.1, 0.15) is 5.82 Å². The van der Waals surface area contributed by atoms with E-state index in [0.29, 0.717) is 29.8 Å². The van der Waals surface area contributed by atoms with Gasteiger partial charge in [-0.25, -0.2) is 4.39 Å². The van der Waals surface area contributed by atoms with Gasteiger partial charge in [-0.3, -0.25) is 4.79 Å². The van der Waals surface area contributed by atoms with Gasteiger partial charge < -0.3 is 5.32 Å². The molecular weight excluding hydrogens is 169 g/mol. The van der Waals surface area contributed by atoms with E-state index >= 15 is 0 Å². The van der Waals surface area contributed by atoms with Gasteiger partial charge in [-0.05, 0) is 24.6 Å². The van der Waals surface area contributed by atoms with Gasteiger partial charge >= 0.3 is 0 Å². The second-order valence-electron chi connectivity index (χ2n) is 3.25. The molecule has 0 saturated carbocycles. The summed E-state index contributed by atoms with van der Waals surface area (Å²) in [6.45, 7) is 2.27. The zero-order chi connectivity index (χ0) is 9.42. The Hall–Kier alpha value is -1.38. The average molecular weight is 179 g/mol. The molecule has 0 aromatic heterocycles. The Labute approximate surface area is 75.8 Å². The molecule has 1 heterocycles. The highest BCUT2D eigenvalue weighted by Gasteiger charge is 2.17. The minimum Gasteiger partial charge on any atom is -0.384 e. The van der Waals surface area contributed by atoms with Crippen LogP contribution in [-0.4, -0.2) is 12.3 Å². The first kappa shape index (κ1) is 8.23. The van der Waals surface area contributed by atoms with Crippen molar-refractivity contribution in [3.05, 3.63) is 29.1 Å². The highest BCUT2D eigenvalue weighted by Crippen LogP contribution is 2.24. The number of halogens is 1. The normalized spacial score (nSPS) is 15.1. The Morgan fingerprint density at radius 1 is 1.46 bits per heavy atom. The summed E-state index contributed by atoms with van der Waals surface area (Å²) in [4.78, 5) is 11.4. The molecule has 0 bridgehead atoms. The third-order valence-corrected chi connectivity index (χ3v) is 2.27. The van der Waals surface area contributed by atoms with Gasteiger partial charge in [0.25, 0.3) is 0 Å². The number of rotatable bonds is 0. The SMILES string of the molecule is Cc1cc2c(cc1F)NCCC2=O. The highest BCUT2D eigenvalue weighted by atomic mass is 19.1. The maximum Gasteiger partial charge on any atom is 0.166 e. The van der Waals surface area contributed by atoms with Gasteiger partial charge in [-0.2, -0.15) is 0 Å². The van der Waals surface area contributed by atoms with Crippen LogP contribution in [0.15, 0.2) is 12.1 Å². The summed E-state index contributed by atoms with van der Waals surface area (Å²) in [5, 5.41) is 3.00. The molecule has 0 spiro atoms. The summed E-state index contributed by atoms with van der Waals surface area (Å²) in [5.41, 5.74) is 1.76. The summed E-state index contributed by atoms with van der Waals surface area (Å²) in [6.07, 6.45) is 0.498. The molecule has 0 fully saturated rings. The van der Waals surface area contributed by atoms with Gasteiger partial charge in [0.15, 0.2) is 5.78 Å². The van der Waals surface area contributed by atoms with Crippen molar-refractivity contribution < 1.29 is 9.18 Å². The largest absolute Gasteiger partial charge is 0.384 e. The lowest BCUT2D eigenvalue weighted by molar-refractivity contribution is 0.0983. The van der Waals surface area contributed by atoms with E-state index in [4.69, 9.17) is 0 Å². The molecule has 0 amide bonds. The van der Waals surface area contributed by atoms with Gasteiger partial charge in [0.2, 0.25) is 0 Å². The molecule has 13 heavy (non-hydrogen) atoms. The monoisotopic (exact) mass is 179 g/mol. The van der Waals surface area contributed by atoms with E-state index in [-0.39, 0.29) is 11.6 Å². The molecular formula is C10H10FNO. The molecule has 1 N–H and O–H groups in total. The summed E-state index contributed by atoms with van der Waals surface area (Å²) >= 11 is 0. The van der Waals surface area contributed by atoms with Crippen LogP contribution in [0.3, 0.4) is 0 Å². The molecule has 1 aromatic rings. The maximum absolute atomic E-state index is 13.1. The molecule has 1 aliphatic rings. The quantitative estimate of drug-likeness (QED) is 0.661. The fraction of sp³-hybridized carbons (Fsp3) is 0.300. The lowest BCUT2D eigenvalue weighted by Crippen LogP contribution is -2.18. The van der Waals surface area contributed by atoms with Crippen molar-refractivity contribution in [2.24, 2.45) is 0 Å². The van der Waals surface area contributed by atoms with E-state index in [9.17, 15) is 9.18 Å². The Morgan fingerprint density at radius 3 is 3.00 bits per heavy atom. The first-order valence-corrected chi connectivity index (χ1v) is 4.25. The second-order valence-corrected chi connectivity index (χ2v) is 3.25. The van der Waals surface area contributed by atoms with E-state index in [1.165, 1.54) is 6.07 Å². The topological polar surface area (TPSA) is 29.1 Å². The lowest BCUT2D eigenvalue weighted by Gasteiger charge is -2.17. The Kier molecular flexibility index (Phi) is 1.79. The molecule has 2 nitrogen and oxygen atoms in total. The molecule has 1 aliphatic heterocycles. The predicted octanol–water partition coefficient (Wildman–Crippen LogP) is 2.13. The van der Waals surface area contributed by atoms with E-state index < -0.39 is 0 Å². The third-order valence-electron chi connectivity index (χ3n) is 2.27. The summed E-state index contributed by atoms with van der Waals surface area (Å²) in [7, 11) is 0. The van der Waals surface area contributed by atoms with Crippen LogP contribution in [0.4, 0.5) is 10.1 Å². The third kappa shape index (κ3) is 1.30. The average Bonchev–Trinajstić information content (AvgIpc) is 2.09. The van der Waals surface area contributed by atoms with E-state index in [2.05, 4.69) is 5.32 Å². The van der Waals surface area contributed by atoms with Crippen molar-refractivity contribution >= 4 is 11.5 Å². The van der Waals surface area contributed by atoms with Gasteiger partial charge in [-0.1, -0.05) is 0 Å². The van der Waals surface area contributed by atoms with Gasteiger partial charge in [-0.15, -0.1) is 0 Å². The van der Waals surface area contributed by atoms with Crippen molar-refractivity contribution in [3.8, 4) is 0 Å². The van der Waals surface area contributed by atoms with Crippen LogP contribution in [0.5, 0.6) is 0 Å². The Morgan fingerprint density at radius 2 is 2.23 bits per heavy atom. The van der Waals surface area contributed by atoms with E-state index in [1.54, 1.807) is 13.0 Å². The van der Waals surface area contributed by atoms with Crippen molar-refractivity contribution in [2.75, 3.05) is 11.9 Å². The summed E-state index contributed by atoms with van der Waals surface area (Å²) in [6, 6.07) is 3.00. The van der Waals surface area contributed by atoms with Crippen LogP contribution >= 0.6 is 0 Å². The van der Waals surface area contributed by atoms with Crippen LogP contribution < -0.4 is 5.32 Å². The number of Topliss-reactive ketones (excluding diaryl/α,β-unsaturated/α-hetero) is 1. The van der Waals surface area contributed by atoms with E-state index in [1.807, 2.05) is 0 Å². The predicted molar refractivity (Wildman–Crippen MR) is 48.6 cm³/mol. The smallest absolute Gasteiger partial charge is 0.166 e. The standard InChI is InChI=1S/C10H10FNO/c1-6-4-7-9(5-8(6)11)12-3-2-10(7)13/h4-5,12H,2-3H2,1H3. The molecule has 0 aliphatic carbocycles. The molecule has 2 rings (SSSR count). The van der Waals surface area contributed by atoms with Crippen LogP contribution in [0.25, 0.3) is 0 Å². The van der Waals surface area contributed by atoms with Gasteiger partial charge in [0, 0.05) is 24.2 Å². The second kappa shape index (κ2) is 2.83. The number of anilines is 1. The molecule has 0 saturated heterocycles. The number of hydrogen-bond acceptors (Lipinski definition) is 2. The molecule has 0 atom stereocenters. The number of hydrogen-bond donors (Lipinski definition) is 1. The number of carbonyl (C=O) groups excluding carboxylic acids is 1. The van der Waals surface area contributed by atoms with Crippen LogP contribution in [-0.2, 0) is 0 Å². The first-order chi connectivity index (χ1) is 6.18. The highest BCUT2D eigenvalue weighted by molar-refractivity contribution is 6.03. The fourth-order valence-electron chi connectivity index (χ4n) is 1.50. The van der Waals surface area contributed by atoms with Crippen molar-refractivity contribution in [1.29, 1.82) is 0 Å². The Bertz CT molecular complexity index is 373. The maximum atomic E-state index is 13.1. The lowest BCUT2D eigenvalue weighted by atomic mass is 10.00. The zero-order valence-corrected chi connectivity index (χ0v) is 7.36. The zero-order valence-electron chi connectivity index (χ0n) is 7.36. The molecule has 68 valence electrons. The number of benzene rings is 1. The van der Waals surface area contributed by atoms with E-state index in [0.717, 1.165) is 0 Å².